The van der Waals surface area contributed by atoms with Gasteiger partial charge in [-0.3, -0.25) is 14.9 Å². The lowest BCUT2D eigenvalue weighted by Crippen LogP contribution is -2.38. The normalized spacial score (nSPS) is 13.5. The van der Waals surface area contributed by atoms with Crippen molar-refractivity contribution in [3.05, 3.63) is 64.2 Å². The highest BCUT2D eigenvalue weighted by atomic mass is 16.6. The summed E-state index contributed by atoms with van der Waals surface area (Å²) >= 11 is 0. The number of hydrogen-bond acceptors (Lipinski definition) is 4. The lowest BCUT2D eigenvalue weighted by molar-refractivity contribution is -0.384. The van der Waals surface area contributed by atoms with Gasteiger partial charge in [-0.2, -0.15) is 0 Å². The number of benzene rings is 2. The minimum absolute atomic E-state index is 0.0579. The Labute approximate surface area is 120 Å². The van der Waals surface area contributed by atoms with Crippen LogP contribution < -0.4 is 9.64 Å². The van der Waals surface area contributed by atoms with Gasteiger partial charge in [0.15, 0.2) is 6.61 Å². The van der Waals surface area contributed by atoms with Gasteiger partial charge in [-0.05, 0) is 11.6 Å². The van der Waals surface area contributed by atoms with Crippen molar-refractivity contribution in [3.63, 3.8) is 0 Å². The summed E-state index contributed by atoms with van der Waals surface area (Å²) in [6.45, 7) is 0.300. The molecule has 6 nitrogen and oxygen atoms in total. The van der Waals surface area contributed by atoms with Gasteiger partial charge in [-0.1, -0.05) is 30.3 Å². The van der Waals surface area contributed by atoms with Crippen LogP contribution in [0.25, 0.3) is 0 Å². The van der Waals surface area contributed by atoms with Crippen LogP contribution >= 0.6 is 0 Å². The Balaban J connectivity index is 1.99. The fourth-order valence-corrected chi connectivity index (χ4v) is 2.24. The summed E-state index contributed by atoms with van der Waals surface area (Å²) in [4.78, 5) is 24.0. The zero-order chi connectivity index (χ0) is 14.8. The molecule has 21 heavy (non-hydrogen) atoms. The first-order valence-corrected chi connectivity index (χ1v) is 6.40. The Morgan fingerprint density at radius 2 is 1.95 bits per heavy atom. The molecule has 0 fully saturated rings. The maximum Gasteiger partial charge on any atom is 0.271 e. The number of nitrogens with zero attached hydrogens (tertiary/aromatic N) is 2. The van der Waals surface area contributed by atoms with Crippen LogP contribution in [0, 0.1) is 10.1 Å². The average molecular weight is 284 g/mol. The number of non-ortho nitro benzene ring substituents is 1. The van der Waals surface area contributed by atoms with E-state index in [1.165, 1.54) is 23.1 Å². The van der Waals surface area contributed by atoms with Gasteiger partial charge in [-0.25, -0.2) is 0 Å². The van der Waals surface area contributed by atoms with Gasteiger partial charge in [0.25, 0.3) is 11.6 Å². The van der Waals surface area contributed by atoms with E-state index in [0.717, 1.165) is 5.56 Å². The van der Waals surface area contributed by atoms with Gasteiger partial charge in [-0.15, -0.1) is 0 Å². The molecule has 0 spiro atoms. The van der Waals surface area contributed by atoms with E-state index < -0.39 is 4.92 Å². The van der Waals surface area contributed by atoms with Crippen molar-refractivity contribution in [2.24, 2.45) is 0 Å². The van der Waals surface area contributed by atoms with Crippen LogP contribution in [-0.2, 0) is 11.3 Å². The largest absolute Gasteiger partial charge is 0.482 e. The molecule has 3 rings (SSSR count). The zero-order valence-corrected chi connectivity index (χ0v) is 11.1. The molecule has 6 heteroatoms. The van der Waals surface area contributed by atoms with Crippen LogP contribution in [0.15, 0.2) is 48.5 Å². The number of fused-ring (bicyclic) bond motifs is 1. The first kappa shape index (κ1) is 13.1. The minimum atomic E-state index is -0.486. The van der Waals surface area contributed by atoms with E-state index in [4.69, 9.17) is 4.74 Å². The number of amides is 1. The van der Waals surface area contributed by atoms with Crippen molar-refractivity contribution in [2.45, 2.75) is 6.54 Å². The summed E-state index contributed by atoms with van der Waals surface area (Å²) in [6.07, 6.45) is 0. The van der Waals surface area contributed by atoms with Gasteiger partial charge in [0, 0.05) is 12.1 Å². The molecular formula is C15H12N2O4. The highest BCUT2D eigenvalue weighted by Crippen LogP contribution is 2.36. The molecule has 0 atom stereocenters. The Hall–Kier alpha value is -2.89. The molecule has 1 heterocycles. The number of rotatable bonds is 3. The Morgan fingerprint density at radius 3 is 2.67 bits per heavy atom. The van der Waals surface area contributed by atoms with E-state index in [1.54, 1.807) is 0 Å². The predicted molar refractivity (Wildman–Crippen MR) is 76.2 cm³/mol. The van der Waals surface area contributed by atoms with E-state index in [1.807, 2.05) is 30.3 Å². The highest BCUT2D eigenvalue weighted by molar-refractivity contribution is 5.98. The minimum Gasteiger partial charge on any atom is -0.482 e. The third kappa shape index (κ3) is 2.55. The summed E-state index contributed by atoms with van der Waals surface area (Å²) < 4.78 is 5.32. The van der Waals surface area contributed by atoms with E-state index in [9.17, 15) is 14.9 Å². The summed E-state index contributed by atoms with van der Waals surface area (Å²) in [5.74, 6) is 0.267. The number of nitro benzene ring substituents is 1. The van der Waals surface area contributed by atoms with Crippen molar-refractivity contribution in [2.75, 3.05) is 11.5 Å². The number of ether oxygens (including phenoxy) is 1. The molecule has 106 valence electrons. The molecule has 2 aromatic carbocycles. The van der Waals surface area contributed by atoms with Crippen LogP contribution in [0.4, 0.5) is 11.4 Å². The SMILES string of the molecule is O=C1COc2ccc([N+](=O)[O-])cc2N1Cc1ccccc1. The standard InChI is InChI=1S/C15H12N2O4/c18-15-10-21-14-7-6-12(17(19)20)8-13(14)16(15)9-11-4-2-1-3-5-11/h1-8H,9-10H2. The molecular weight excluding hydrogens is 272 g/mol. The molecule has 0 unspecified atom stereocenters. The quantitative estimate of drug-likeness (QED) is 0.641. The first-order valence-electron chi connectivity index (χ1n) is 6.40. The smallest absolute Gasteiger partial charge is 0.271 e. The summed E-state index contributed by atoms with van der Waals surface area (Å²) in [6, 6.07) is 13.7. The topological polar surface area (TPSA) is 72.7 Å². The van der Waals surface area contributed by atoms with Gasteiger partial charge in [0.1, 0.15) is 5.75 Å². The van der Waals surface area contributed by atoms with E-state index >= 15 is 0 Å². The number of hydrogen-bond donors (Lipinski definition) is 0. The van der Waals surface area contributed by atoms with E-state index in [0.29, 0.717) is 18.0 Å². The fraction of sp³-hybridized carbons (Fsp3) is 0.133. The lowest BCUT2D eigenvalue weighted by Gasteiger charge is -2.29. The number of anilines is 1. The van der Waals surface area contributed by atoms with E-state index in [-0.39, 0.29) is 18.2 Å². The first-order chi connectivity index (χ1) is 10.1. The monoisotopic (exact) mass is 284 g/mol. The second-order valence-corrected chi connectivity index (χ2v) is 4.66. The summed E-state index contributed by atoms with van der Waals surface area (Å²) in [5, 5.41) is 10.9. The molecule has 0 N–H and O–H groups in total. The van der Waals surface area contributed by atoms with Crippen molar-refractivity contribution in [3.8, 4) is 5.75 Å². The Kier molecular flexibility index (Phi) is 3.27. The molecule has 0 aromatic heterocycles. The Bertz CT molecular complexity index is 700. The molecule has 1 aliphatic heterocycles. The zero-order valence-electron chi connectivity index (χ0n) is 11.1. The van der Waals surface area contributed by atoms with Crippen molar-refractivity contribution < 1.29 is 14.5 Å². The molecule has 0 radical (unpaired) electrons. The molecule has 0 saturated heterocycles. The number of carbonyl (C=O) groups is 1. The van der Waals surface area contributed by atoms with Crippen LogP contribution in [-0.4, -0.2) is 17.4 Å². The number of carbonyl (C=O) groups excluding carboxylic acids is 1. The second kappa shape index (κ2) is 5.24. The maximum atomic E-state index is 12.1. The van der Waals surface area contributed by atoms with Crippen LogP contribution in [0.1, 0.15) is 5.56 Å². The van der Waals surface area contributed by atoms with Gasteiger partial charge >= 0.3 is 0 Å². The van der Waals surface area contributed by atoms with Gasteiger partial charge in [0.05, 0.1) is 17.2 Å². The highest BCUT2D eigenvalue weighted by Gasteiger charge is 2.27. The van der Waals surface area contributed by atoms with Crippen molar-refractivity contribution in [1.82, 2.24) is 0 Å². The fourth-order valence-electron chi connectivity index (χ4n) is 2.24. The van der Waals surface area contributed by atoms with Crippen LogP contribution in [0.2, 0.25) is 0 Å². The average Bonchev–Trinajstić information content (AvgIpc) is 2.50. The maximum absolute atomic E-state index is 12.1. The van der Waals surface area contributed by atoms with Gasteiger partial charge < -0.3 is 9.64 Å². The Morgan fingerprint density at radius 1 is 1.19 bits per heavy atom. The third-order valence-corrected chi connectivity index (χ3v) is 3.28. The molecule has 1 amide bonds. The van der Waals surface area contributed by atoms with Crippen molar-refractivity contribution >= 4 is 17.3 Å². The number of nitro groups is 1. The lowest BCUT2D eigenvalue weighted by atomic mass is 10.1. The molecule has 1 aliphatic rings. The van der Waals surface area contributed by atoms with E-state index in [2.05, 4.69) is 0 Å². The van der Waals surface area contributed by atoms with Crippen molar-refractivity contribution in [1.29, 1.82) is 0 Å². The van der Waals surface area contributed by atoms with Crippen LogP contribution in [0.3, 0.4) is 0 Å². The molecule has 0 saturated carbocycles. The second-order valence-electron chi connectivity index (χ2n) is 4.66. The van der Waals surface area contributed by atoms with Gasteiger partial charge in [0.2, 0.25) is 0 Å². The van der Waals surface area contributed by atoms with Crippen LogP contribution in [0.5, 0.6) is 5.75 Å². The summed E-state index contributed by atoms with van der Waals surface area (Å²) in [7, 11) is 0. The molecule has 0 aliphatic carbocycles. The molecule has 0 bridgehead atoms. The predicted octanol–water partition coefficient (Wildman–Crippen LogP) is 2.52. The molecule has 2 aromatic rings. The third-order valence-electron chi connectivity index (χ3n) is 3.28. The summed E-state index contributed by atoms with van der Waals surface area (Å²) in [5.41, 5.74) is 1.32.